The summed E-state index contributed by atoms with van der Waals surface area (Å²) in [5.41, 5.74) is 2.05. The number of anilines is 1. The average Bonchev–Trinajstić information content (AvgIpc) is 2.41. The topological polar surface area (TPSA) is 44.4 Å². The number of carbonyl (C=O) groups is 1. The summed E-state index contributed by atoms with van der Waals surface area (Å²) in [6, 6.07) is 8.30. The molecule has 0 radical (unpaired) electrons. The fourth-order valence-corrected chi connectivity index (χ4v) is 2.24. The Morgan fingerprint density at radius 2 is 2.06 bits per heavy atom. The molecule has 1 heterocycles. The van der Waals surface area contributed by atoms with Gasteiger partial charge in [0.15, 0.2) is 0 Å². The number of hydrogen-bond acceptors (Lipinski definition) is 2. The van der Waals surface area contributed by atoms with E-state index in [1.54, 1.807) is 0 Å². The van der Waals surface area contributed by atoms with Crippen LogP contribution in [-0.4, -0.2) is 37.1 Å². The van der Waals surface area contributed by atoms with E-state index in [9.17, 15) is 4.79 Å². The quantitative estimate of drug-likeness (QED) is 0.841. The first-order chi connectivity index (χ1) is 8.69. The number of likely N-dealkylation sites (tertiary alicyclic amines) is 1. The van der Waals surface area contributed by atoms with Gasteiger partial charge in [-0.3, -0.25) is 0 Å². The second kappa shape index (κ2) is 5.87. The highest BCUT2D eigenvalue weighted by molar-refractivity contribution is 5.89. The second-order valence-corrected chi connectivity index (χ2v) is 4.87. The largest absolute Gasteiger partial charge is 0.323 e. The van der Waals surface area contributed by atoms with E-state index >= 15 is 0 Å². The van der Waals surface area contributed by atoms with Crippen molar-refractivity contribution in [3.8, 4) is 0 Å². The van der Waals surface area contributed by atoms with Crippen LogP contribution in [0.25, 0.3) is 0 Å². The Hall–Kier alpha value is -1.55. The first kappa shape index (κ1) is 12.9. The van der Waals surface area contributed by atoms with Crippen LogP contribution in [0.5, 0.6) is 0 Å². The number of urea groups is 1. The van der Waals surface area contributed by atoms with Crippen LogP contribution in [0, 0.1) is 6.92 Å². The van der Waals surface area contributed by atoms with Crippen molar-refractivity contribution in [2.24, 2.45) is 0 Å². The normalized spacial score (nSPS) is 19.7. The fourth-order valence-electron chi connectivity index (χ4n) is 2.24. The van der Waals surface area contributed by atoms with Crippen LogP contribution in [0.15, 0.2) is 24.3 Å². The van der Waals surface area contributed by atoms with Gasteiger partial charge in [0.1, 0.15) is 0 Å². The number of rotatable bonds is 2. The smallest absolute Gasteiger partial charge is 0.321 e. The van der Waals surface area contributed by atoms with Gasteiger partial charge in [0.05, 0.1) is 0 Å². The number of piperidine rings is 1. The van der Waals surface area contributed by atoms with E-state index in [1.165, 1.54) is 5.56 Å². The van der Waals surface area contributed by atoms with E-state index in [1.807, 2.05) is 43.1 Å². The Morgan fingerprint density at radius 1 is 1.33 bits per heavy atom. The van der Waals surface area contributed by atoms with Crippen LogP contribution < -0.4 is 10.6 Å². The number of carbonyl (C=O) groups excluding carboxylic acids is 1. The van der Waals surface area contributed by atoms with Crippen molar-refractivity contribution in [3.63, 3.8) is 0 Å². The second-order valence-electron chi connectivity index (χ2n) is 4.87. The lowest BCUT2D eigenvalue weighted by Crippen LogP contribution is -2.48. The van der Waals surface area contributed by atoms with Crippen LogP contribution in [0.3, 0.4) is 0 Å². The summed E-state index contributed by atoms with van der Waals surface area (Å²) in [6.45, 7) is 3.66. The molecule has 0 spiro atoms. The third kappa shape index (κ3) is 3.23. The lowest BCUT2D eigenvalue weighted by atomic mass is 10.1. The van der Waals surface area contributed by atoms with Crippen molar-refractivity contribution in [2.75, 3.05) is 25.5 Å². The number of nitrogens with one attached hydrogen (secondary N) is 2. The number of nitrogens with zero attached hydrogens (tertiary/aromatic N) is 1. The number of benzene rings is 1. The Kier molecular flexibility index (Phi) is 4.20. The molecule has 1 aliphatic heterocycles. The highest BCUT2D eigenvalue weighted by Crippen LogP contribution is 2.13. The zero-order chi connectivity index (χ0) is 13.0. The number of hydrogen-bond donors (Lipinski definition) is 2. The molecule has 2 amide bonds. The monoisotopic (exact) mass is 247 g/mol. The van der Waals surface area contributed by atoms with Crippen molar-refractivity contribution < 1.29 is 4.79 Å². The molecule has 0 saturated carbocycles. The van der Waals surface area contributed by atoms with Gasteiger partial charge >= 0.3 is 6.03 Å². The zero-order valence-electron chi connectivity index (χ0n) is 11.1. The Labute approximate surface area is 108 Å². The molecule has 1 atom stereocenters. The van der Waals surface area contributed by atoms with Crippen LogP contribution >= 0.6 is 0 Å². The molecular weight excluding hydrogens is 226 g/mol. The molecule has 1 fully saturated rings. The molecule has 0 aliphatic carbocycles. The molecule has 0 bridgehead atoms. The molecule has 2 N–H and O–H groups in total. The summed E-state index contributed by atoms with van der Waals surface area (Å²) in [4.78, 5) is 14.0. The molecular formula is C14H21N3O. The van der Waals surface area contributed by atoms with Crippen LogP contribution in [0.2, 0.25) is 0 Å². The van der Waals surface area contributed by atoms with Crippen molar-refractivity contribution in [1.82, 2.24) is 10.2 Å². The van der Waals surface area contributed by atoms with Crippen molar-refractivity contribution >= 4 is 11.7 Å². The predicted molar refractivity (Wildman–Crippen MR) is 73.9 cm³/mol. The molecule has 1 aliphatic rings. The van der Waals surface area contributed by atoms with Gasteiger partial charge in [-0.05, 0) is 38.9 Å². The lowest BCUT2D eigenvalue weighted by Gasteiger charge is -2.32. The van der Waals surface area contributed by atoms with Gasteiger partial charge in [-0.15, -0.1) is 0 Å². The summed E-state index contributed by atoms with van der Waals surface area (Å²) in [5, 5.41) is 6.18. The van der Waals surface area contributed by atoms with Crippen LogP contribution in [0.4, 0.5) is 10.5 Å². The van der Waals surface area contributed by atoms with E-state index in [0.29, 0.717) is 6.04 Å². The van der Waals surface area contributed by atoms with Gasteiger partial charge in [0.2, 0.25) is 0 Å². The molecule has 4 heteroatoms. The minimum absolute atomic E-state index is 0.00111. The Morgan fingerprint density at radius 3 is 2.72 bits per heavy atom. The van der Waals surface area contributed by atoms with E-state index in [-0.39, 0.29) is 6.03 Å². The van der Waals surface area contributed by atoms with E-state index in [4.69, 9.17) is 0 Å². The van der Waals surface area contributed by atoms with E-state index in [0.717, 1.165) is 31.6 Å². The maximum Gasteiger partial charge on any atom is 0.321 e. The number of aryl methyl sites for hydroxylation is 1. The molecule has 1 aromatic rings. The lowest BCUT2D eigenvalue weighted by molar-refractivity contribution is 0.187. The molecule has 0 unspecified atom stereocenters. The molecule has 1 aromatic carbocycles. The van der Waals surface area contributed by atoms with E-state index in [2.05, 4.69) is 10.6 Å². The molecule has 0 aromatic heterocycles. The van der Waals surface area contributed by atoms with Gasteiger partial charge in [-0.25, -0.2) is 4.79 Å². The molecule has 1 saturated heterocycles. The molecule has 4 nitrogen and oxygen atoms in total. The standard InChI is InChI=1S/C14H21N3O/c1-11-5-7-12(8-6-11)16-14(18)17-9-3-4-13(10-17)15-2/h5-8,13,15H,3-4,9-10H2,1-2H3,(H,16,18)/t13-/m1/s1. The van der Waals surface area contributed by atoms with Gasteiger partial charge in [-0.2, -0.15) is 0 Å². The van der Waals surface area contributed by atoms with Crippen molar-refractivity contribution in [1.29, 1.82) is 0 Å². The average molecular weight is 247 g/mol. The molecule has 18 heavy (non-hydrogen) atoms. The molecule has 2 rings (SSSR count). The van der Waals surface area contributed by atoms with E-state index < -0.39 is 0 Å². The van der Waals surface area contributed by atoms with Gasteiger partial charge < -0.3 is 15.5 Å². The third-order valence-electron chi connectivity index (χ3n) is 3.42. The SMILES string of the molecule is CN[C@@H]1CCCN(C(=O)Nc2ccc(C)cc2)C1. The Balaban J connectivity index is 1.93. The first-order valence-corrected chi connectivity index (χ1v) is 6.49. The predicted octanol–water partition coefficient (Wildman–Crippen LogP) is 2.21. The highest BCUT2D eigenvalue weighted by atomic mass is 16.2. The number of amides is 2. The summed E-state index contributed by atoms with van der Waals surface area (Å²) in [6.07, 6.45) is 2.21. The van der Waals surface area contributed by atoms with Crippen molar-refractivity contribution in [2.45, 2.75) is 25.8 Å². The van der Waals surface area contributed by atoms with Crippen LogP contribution in [0.1, 0.15) is 18.4 Å². The Bertz CT molecular complexity index is 402. The third-order valence-corrected chi connectivity index (χ3v) is 3.42. The maximum atomic E-state index is 12.1. The summed E-state index contributed by atoms with van der Waals surface area (Å²) in [5.74, 6) is 0. The van der Waals surface area contributed by atoms with Gasteiger partial charge in [0, 0.05) is 24.8 Å². The molecule has 98 valence electrons. The zero-order valence-corrected chi connectivity index (χ0v) is 11.1. The van der Waals surface area contributed by atoms with Gasteiger partial charge in [0.25, 0.3) is 0 Å². The van der Waals surface area contributed by atoms with Crippen molar-refractivity contribution in [3.05, 3.63) is 29.8 Å². The minimum atomic E-state index is -0.00111. The van der Waals surface area contributed by atoms with Crippen LogP contribution in [-0.2, 0) is 0 Å². The first-order valence-electron chi connectivity index (χ1n) is 6.49. The van der Waals surface area contributed by atoms with Gasteiger partial charge in [-0.1, -0.05) is 17.7 Å². The summed E-state index contributed by atoms with van der Waals surface area (Å²) >= 11 is 0. The maximum absolute atomic E-state index is 12.1. The highest BCUT2D eigenvalue weighted by Gasteiger charge is 2.22. The summed E-state index contributed by atoms with van der Waals surface area (Å²) < 4.78 is 0. The number of likely N-dealkylation sites (N-methyl/N-ethyl adjacent to an activating group) is 1. The minimum Gasteiger partial charge on any atom is -0.323 e. The summed E-state index contributed by atoms with van der Waals surface area (Å²) in [7, 11) is 1.95. The fraction of sp³-hybridized carbons (Fsp3) is 0.500.